The minimum absolute atomic E-state index is 0.913. The van der Waals surface area contributed by atoms with Crippen LogP contribution in [0, 0.1) is 23.7 Å². The molecule has 0 aromatic carbocycles. The molecule has 0 saturated heterocycles. The zero-order valence-electron chi connectivity index (χ0n) is 13.9. The highest BCUT2D eigenvalue weighted by Crippen LogP contribution is 2.35. The lowest BCUT2D eigenvalue weighted by molar-refractivity contribution is 0.284. The van der Waals surface area contributed by atoms with Gasteiger partial charge in [-0.3, -0.25) is 0 Å². The Kier molecular flexibility index (Phi) is 7.17. The number of hydrogen-bond donors (Lipinski definition) is 0. The summed E-state index contributed by atoms with van der Waals surface area (Å²) >= 11 is 0. The van der Waals surface area contributed by atoms with Gasteiger partial charge in [0.2, 0.25) is 0 Å². The Morgan fingerprint density at radius 3 is 1.25 bits per heavy atom. The highest BCUT2D eigenvalue weighted by Gasteiger charge is 2.21. The van der Waals surface area contributed by atoms with E-state index in [0.717, 1.165) is 23.7 Å². The van der Waals surface area contributed by atoms with Gasteiger partial charge in [-0.2, -0.15) is 0 Å². The van der Waals surface area contributed by atoms with Crippen LogP contribution < -0.4 is 0 Å². The summed E-state index contributed by atoms with van der Waals surface area (Å²) in [7, 11) is 0. The van der Waals surface area contributed by atoms with Gasteiger partial charge in [-0.1, -0.05) is 51.7 Å². The third kappa shape index (κ3) is 5.26. The van der Waals surface area contributed by atoms with Crippen molar-refractivity contribution >= 4 is 0 Å². The van der Waals surface area contributed by atoms with Gasteiger partial charge in [0.05, 0.1) is 0 Å². The average Bonchev–Trinajstić information content (AvgIpc) is 2.49. The zero-order valence-corrected chi connectivity index (χ0v) is 13.9. The Morgan fingerprint density at radius 1 is 0.600 bits per heavy atom. The Labute approximate surface area is 127 Å². The summed E-state index contributed by atoms with van der Waals surface area (Å²) in [5.41, 5.74) is 0. The van der Waals surface area contributed by atoms with Gasteiger partial charge in [0.25, 0.3) is 0 Å². The van der Waals surface area contributed by atoms with Gasteiger partial charge in [0, 0.05) is 0 Å². The molecule has 0 bridgehead atoms. The van der Waals surface area contributed by atoms with E-state index in [1.165, 1.54) is 77.0 Å². The predicted molar refractivity (Wildman–Crippen MR) is 89.9 cm³/mol. The van der Waals surface area contributed by atoms with Crippen molar-refractivity contribution in [3.63, 3.8) is 0 Å². The van der Waals surface area contributed by atoms with E-state index >= 15 is 0 Å². The van der Waals surface area contributed by atoms with Gasteiger partial charge in [-0.05, 0) is 75.0 Å². The summed E-state index contributed by atoms with van der Waals surface area (Å²) in [5, 5.41) is 0. The van der Waals surface area contributed by atoms with Crippen molar-refractivity contribution in [2.75, 3.05) is 0 Å². The van der Waals surface area contributed by atoms with Crippen LogP contribution in [0.1, 0.15) is 90.9 Å². The van der Waals surface area contributed by atoms with Gasteiger partial charge < -0.3 is 0 Å². The maximum absolute atomic E-state index is 2.60. The summed E-state index contributed by atoms with van der Waals surface area (Å²) in [6.07, 6.45) is 22.7. The van der Waals surface area contributed by atoms with Crippen LogP contribution in [0.15, 0.2) is 12.2 Å². The molecule has 0 aliphatic heterocycles. The van der Waals surface area contributed by atoms with E-state index in [4.69, 9.17) is 0 Å². The number of rotatable bonds is 6. The van der Waals surface area contributed by atoms with Crippen molar-refractivity contribution in [2.24, 2.45) is 23.7 Å². The molecule has 0 aromatic rings. The summed E-state index contributed by atoms with van der Waals surface area (Å²) in [6, 6.07) is 0. The fourth-order valence-electron chi connectivity index (χ4n) is 4.47. The lowest BCUT2D eigenvalue weighted by Gasteiger charge is -2.28. The third-order valence-electron chi connectivity index (χ3n) is 5.83. The van der Waals surface area contributed by atoms with E-state index in [1.807, 2.05) is 0 Å². The first-order valence-electron chi connectivity index (χ1n) is 9.50. The van der Waals surface area contributed by atoms with Crippen molar-refractivity contribution in [1.29, 1.82) is 0 Å². The van der Waals surface area contributed by atoms with Crippen molar-refractivity contribution in [3.05, 3.63) is 12.2 Å². The molecule has 2 fully saturated rings. The van der Waals surface area contributed by atoms with E-state index in [2.05, 4.69) is 26.0 Å². The standard InChI is InChI=1S/C20H36/c1-3-5-17-7-11-19(12-8-17)15-16-20-13-9-18(6-4-2)10-14-20/h15-20H,3-14H2,1-2H3/b16-15+. The molecule has 116 valence electrons. The van der Waals surface area contributed by atoms with E-state index in [-0.39, 0.29) is 0 Å². The second kappa shape index (κ2) is 8.90. The SMILES string of the molecule is CCCC1CCC(/C=C/C2CCC(CCC)CC2)CC1. The fourth-order valence-corrected chi connectivity index (χ4v) is 4.47. The molecule has 0 aromatic heterocycles. The van der Waals surface area contributed by atoms with E-state index in [9.17, 15) is 0 Å². The second-order valence-corrected chi connectivity index (χ2v) is 7.52. The Hall–Kier alpha value is -0.260. The van der Waals surface area contributed by atoms with Crippen LogP contribution in [0.5, 0.6) is 0 Å². The molecule has 0 unspecified atom stereocenters. The normalized spacial score (nSPS) is 35.5. The molecule has 0 heterocycles. The molecule has 0 atom stereocenters. The predicted octanol–water partition coefficient (Wildman–Crippen LogP) is 6.76. The maximum Gasteiger partial charge on any atom is -0.0233 e. The molecule has 2 aliphatic carbocycles. The van der Waals surface area contributed by atoms with Crippen molar-refractivity contribution in [3.8, 4) is 0 Å². The van der Waals surface area contributed by atoms with E-state index in [0.29, 0.717) is 0 Å². The van der Waals surface area contributed by atoms with Crippen LogP contribution in [-0.2, 0) is 0 Å². The monoisotopic (exact) mass is 276 g/mol. The van der Waals surface area contributed by atoms with Gasteiger partial charge in [-0.25, -0.2) is 0 Å². The maximum atomic E-state index is 2.60. The molecule has 20 heavy (non-hydrogen) atoms. The minimum Gasteiger partial charge on any atom is -0.0851 e. The van der Waals surface area contributed by atoms with Crippen LogP contribution in [-0.4, -0.2) is 0 Å². The minimum atomic E-state index is 0.913. The smallest absolute Gasteiger partial charge is 0.0233 e. The van der Waals surface area contributed by atoms with Gasteiger partial charge in [0.1, 0.15) is 0 Å². The molecule has 0 spiro atoms. The first-order valence-corrected chi connectivity index (χ1v) is 9.50. The largest absolute Gasteiger partial charge is 0.0851 e. The molecule has 0 nitrogen and oxygen atoms in total. The highest BCUT2D eigenvalue weighted by molar-refractivity contribution is 4.96. The molecule has 0 amide bonds. The van der Waals surface area contributed by atoms with Crippen LogP contribution in [0.2, 0.25) is 0 Å². The van der Waals surface area contributed by atoms with Crippen LogP contribution in [0.3, 0.4) is 0 Å². The number of hydrogen-bond acceptors (Lipinski definition) is 0. The molecule has 0 heteroatoms. The zero-order chi connectivity index (χ0) is 14.2. The first kappa shape index (κ1) is 16.1. The summed E-state index contributed by atoms with van der Waals surface area (Å²) in [4.78, 5) is 0. The molecular weight excluding hydrogens is 240 g/mol. The Morgan fingerprint density at radius 2 is 0.950 bits per heavy atom. The van der Waals surface area contributed by atoms with Crippen molar-refractivity contribution in [1.82, 2.24) is 0 Å². The molecule has 0 radical (unpaired) electrons. The molecule has 2 aliphatic rings. The summed E-state index contributed by atoms with van der Waals surface area (Å²) in [5.74, 6) is 3.93. The van der Waals surface area contributed by atoms with Crippen LogP contribution >= 0.6 is 0 Å². The third-order valence-corrected chi connectivity index (χ3v) is 5.83. The fraction of sp³-hybridized carbons (Fsp3) is 0.900. The topological polar surface area (TPSA) is 0 Å². The number of allylic oxidation sites excluding steroid dienone is 2. The summed E-state index contributed by atoms with van der Waals surface area (Å²) in [6.45, 7) is 4.67. The van der Waals surface area contributed by atoms with E-state index < -0.39 is 0 Å². The van der Waals surface area contributed by atoms with Gasteiger partial charge in [0.15, 0.2) is 0 Å². The van der Waals surface area contributed by atoms with E-state index in [1.54, 1.807) is 0 Å². The van der Waals surface area contributed by atoms with Crippen molar-refractivity contribution in [2.45, 2.75) is 90.9 Å². The molecule has 2 saturated carbocycles. The van der Waals surface area contributed by atoms with Crippen LogP contribution in [0.25, 0.3) is 0 Å². The van der Waals surface area contributed by atoms with Gasteiger partial charge >= 0.3 is 0 Å². The van der Waals surface area contributed by atoms with Crippen LogP contribution in [0.4, 0.5) is 0 Å². The quantitative estimate of drug-likeness (QED) is 0.470. The molecular formula is C20H36. The molecule has 0 N–H and O–H groups in total. The average molecular weight is 277 g/mol. The molecule has 2 rings (SSSR count). The Bertz CT molecular complexity index is 234. The Balaban J connectivity index is 1.64. The van der Waals surface area contributed by atoms with Crippen molar-refractivity contribution < 1.29 is 0 Å². The van der Waals surface area contributed by atoms with Gasteiger partial charge in [-0.15, -0.1) is 0 Å². The lowest BCUT2D eigenvalue weighted by Crippen LogP contribution is -2.15. The highest BCUT2D eigenvalue weighted by atomic mass is 14.3. The first-order chi connectivity index (χ1) is 9.81. The lowest BCUT2D eigenvalue weighted by atomic mass is 9.77. The summed E-state index contributed by atoms with van der Waals surface area (Å²) < 4.78 is 0. The second-order valence-electron chi connectivity index (χ2n) is 7.52.